The van der Waals surface area contributed by atoms with Crippen molar-refractivity contribution in [1.82, 2.24) is 4.90 Å². The van der Waals surface area contributed by atoms with E-state index in [4.69, 9.17) is 9.47 Å². The van der Waals surface area contributed by atoms with Crippen molar-refractivity contribution >= 4 is 12.1 Å². The summed E-state index contributed by atoms with van der Waals surface area (Å²) in [6.45, 7) is 21.2. The number of carbonyl (C=O) groups is 2. The van der Waals surface area contributed by atoms with Crippen LogP contribution in [-0.2, 0) is 14.3 Å². The van der Waals surface area contributed by atoms with Crippen molar-refractivity contribution in [3.63, 3.8) is 0 Å². The minimum Gasteiger partial charge on any atom is -0.458 e. The second kappa shape index (κ2) is 8.00. The fourth-order valence-electron chi connectivity index (χ4n) is 2.92. The molecular weight excluding hydrogens is 342 g/mol. The molecule has 1 rings (SSSR count). The number of carbonyl (C=O) groups excluding carboxylic acids is 2. The van der Waals surface area contributed by atoms with Gasteiger partial charge in [0.1, 0.15) is 11.2 Å². The van der Waals surface area contributed by atoms with Crippen LogP contribution in [0, 0.1) is 16.7 Å². The summed E-state index contributed by atoms with van der Waals surface area (Å²) in [7, 11) is 0. The molecule has 0 aromatic rings. The van der Waals surface area contributed by atoms with Gasteiger partial charge in [0.25, 0.3) is 0 Å². The van der Waals surface area contributed by atoms with E-state index in [1.807, 2.05) is 48.5 Å². The zero-order valence-electron chi connectivity index (χ0n) is 19.2. The van der Waals surface area contributed by atoms with Gasteiger partial charge in [-0.05, 0) is 40.0 Å². The SMILES string of the molecule is CCC(C)(C)C(=O)OC1(C(C)(C)C)CCN(C(=O)OC(C)(C)C(C)C)CC1. The van der Waals surface area contributed by atoms with Crippen LogP contribution in [0.3, 0.4) is 0 Å². The molecule has 0 radical (unpaired) electrons. The fraction of sp³-hybridized carbons (Fsp3) is 0.909. The van der Waals surface area contributed by atoms with E-state index in [0.29, 0.717) is 25.9 Å². The number of hydrogen-bond acceptors (Lipinski definition) is 4. The molecule has 1 amide bonds. The fourth-order valence-corrected chi connectivity index (χ4v) is 2.92. The Kier molecular flexibility index (Phi) is 7.05. The second-order valence-electron chi connectivity index (χ2n) is 10.5. The molecule has 0 spiro atoms. The molecule has 1 aliphatic rings. The Balaban J connectivity index is 2.89. The highest BCUT2D eigenvalue weighted by Crippen LogP contribution is 2.44. The van der Waals surface area contributed by atoms with Crippen molar-refractivity contribution in [2.24, 2.45) is 16.7 Å². The van der Waals surface area contributed by atoms with Crippen LogP contribution in [0.1, 0.15) is 88.5 Å². The normalized spacial score (nSPS) is 18.4. The maximum absolute atomic E-state index is 12.8. The highest BCUT2D eigenvalue weighted by molar-refractivity contribution is 5.76. The zero-order chi connectivity index (χ0) is 21.3. The third-order valence-electron chi connectivity index (χ3n) is 6.66. The van der Waals surface area contributed by atoms with Gasteiger partial charge in [0.2, 0.25) is 0 Å². The van der Waals surface area contributed by atoms with Gasteiger partial charge in [0.05, 0.1) is 5.41 Å². The summed E-state index contributed by atoms with van der Waals surface area (Å²) in [5, 5.41) is 0. The van der Waals surface area contributed by atoms with Crippen LogP contribution in [-0.4, -0.2) is 41.3 Å². The molecule has 0 saturated carbocycles. The number of amides is 1. The molecule has 0 atom stereocenters. The van der Waals surface area contributed by atoms with Crippen molar-refractivity contribution < 1.29 is 19.1 Å². The lowest BCUT2D eigenvalue weighted by Crippen LogP contribution is -2.57. The van der Waals surface area contributed by atoms with Crippen molar-refractivity contribution in [3.05, 3.63) is 0 Å². The summed E-state index contributed by atoms with van der Waals surface area (Å²) in [6, 6.07) is 0. The van der Waals surface area contributed by atoms with Crippen LogP contribution in [0.15, 0.2) is 0 Å². The standard InChI is InChI=1S/C22H41NO4/c1-11-20(7,8)17(24)26-22(19(4,5)6)12-14-23(15-13-22)18(25)27-21(9,10)16(2)3/h16H,11-15H2,1-10H3. The van der Waals surface area contributed by atoms with Gasteiger partial charge in [0, 0.05) is 31.3 Å². The highest BCUT2D eigenvalue weighted by atomic mass is 16.6. The average molecular weight is 384 g/mol. The van der Waals surface area contributed by atoms with Crippen LogP contribution >= 0.6 is 0 Å². The number of rotatable bonds is 5. The monoisotopic (exact) mass is 383 g/mol. The first-order valence-electron chi connectivity index (χ1n) is 10.3. The van der Waals surface area contributed by atoms with Crippen molar-refractivity contribution in [1.29, 1.82) is 0 Å². The largest absolute Gasteiger partial charge is 0.458 e. The molecular formula is C22H41NO4. The number of piperidine rings is 1. The minimum atomic E-state index is -0.569. The van der Waals surface area contributed by atoms with Crippen LogP contribution in [0.2, 0.25) is 0 Å². The summed E-state index contributed by atoms with van der Waals surface area (Å²) >= 11 is 0. The number of ether oxygens (including phenoxy) is 2. The minimum absolute atomic E-state index is 0.156. The summed E-state index contributed by atoms with van der Waals surface area (Å²) in [5.41, 5.74) is -1.79. The summed E-state index contributed by atoms with van der Waals surface area (Å²) in [6.07, 6.45) is 1.70. The Morgan fingerprint density at radius 2 is 1.48 bits per heavy atom. The zero-order valence-corrected chi connectivity index (χ0v) is 19.2. The van der Waals surface area contributed by atoms with E-state index in [9.17, 15) is 9.59 Å². The van der Waals surface area contributed by atoms with E-state index in [-0.39, 0.29) is 23.4 Å². The van der Waals surface area contributed by atoms with Crippen LogP contribution in [0.5, 0.6) is 0 Å². The molecule has 1 aliphatic heterocycles. The quantitative estimate of drug-likeness (QED) is 0.595. The summed E-state index contributed by atoms with van der Waals surface area (Å²) < 4.78 is 11.9. The Labute approximate surface area is 166 Å². The Bertz CT molecular complexity index is 535. The Morgan fingerprint density at radius 3 is 1.85 bits per heavy atom. The molecule has 0 N–H and O–H groups in total. The molecule has 1 fully saturated rings. The van der Waals surface area contributed by atoms with Gasteiger partial charge >= 0.3 is 12.1 Å². The number of esters is 1. The summed E-state index contributed by atoms with van der Waals surface area (Å²) in [5.74, 6) is 0.0778. The van der Waals surface area contributed by atoms with Gasteiger partial charge in [-0.1, -0.05) is 41.5 Å². The predicted octanol–water partition coefficient (Wildman–Crippen LogP) is 5.42. The summed E-state index contributed by atoms with van der Waals surface area (Å²) in [4.78, 5) is 27.1. The Hall–Kier alpha value is -1.26. The average Bonchev–Trinajstić information content (AvgIpc) is 2.53. The molecule has 27 heavy (non-hydrogen) atoms. The molecule has 5 nitrogen and oxygen atoms in total. The number of hydrogen-bond donors (Lipinski definition) is 0. The predicted molar refractivity (Wildman–Crippen MR) is 109 cm³/mol. The van der Waals surface area contributed by atoms with E-state index in [1.165, 1.54) is 0 Å². The third-order valence-corrected chi connectivity index (χ3v) is 6.66. The van der Waals surface area contributed by atoms with Gasteiger partial charge in [0.15, 0.2) is 0 Å². The molecule has 0 aromatic carbocycles. The molecule has 0 aromatic heterocycles. The molecule has 0 bridgehead atoms. The first kappa shape index (κ1) is 23.8. The second-order valence-corrected chi connectivity index (χ2v) is 10.5. The van der Waals surface area contributed by atoms with Crippen molar-refractivity contribution in [3.8, 4) is 0 Å². The molecule has 5 heteroatoms. The first-order valence-corrected chi connectivity index (χ1v) is 10.3. The lowest BCUT2D eigenvalue weighted by atomic mass is 9.70. The van der Waals surface area contributed by atoms with Crippen LogP contribution in [0.4, 0.5) is 4.79 Å². The number of nitrogens with zero attached hydrogens (tertiary/aromatic N) is 1. The van der Waals surface area contributed by atoms with Gasteiger partial charge in [-0.3, -0.25) is 4.79 Å². The molecule has 158 valence electrons. The van der Waals surface area contributed by atoms with Crippen molar-refractivity contribution in [2.45, 2.75) is 99.7 Å². The Morgan fingerprint density at radius 1 is 1.00 bits per heavy atom. The first-order chi connectivity index (χ1) is 12.1. The van der Waals surface area contributed by atoms with E-state index in [0.717, 1.165) is 6.42 Å². The smallest absolute Gasteiger partial charge is 0.410 e. The molecule has 0 aliphatic carbocycles. The molecule has 0 unspecified atom stereocenters. The van der Waals surface area contributed by atoms with Gasteiger partial charge < -0.3 is 14.4 Å². The van der Waals surface area contributed by atoms with E-state index < -0.39 is 16.6 Å². The highest BCUT2D eigenvalue weighted by Gasteiger charge is 2.50. The lowest BCUT2D eigenvalue weighted by Gasteiger charge is -2.49. The van der Waals surface area contributed by atoms with Gasteiger partial charge in [-0.15, -0.1) is 0 Å². The molecule has 1 saturated heterocycles. The lowest BCUT2D eigenvalue weighted by molar-refractivity contribution is -0.192. The van der Waals surface area contributed by atoms with Crippen LogP contribution < -0.4 is 0 Å². The third kappa shape index (κ3) is 5.39. The molecule has 1 heterocycles. The van der Waals surface area contributed by atoms with E-state index in [1.54, 1.807) is 4.90 Å². The number of likely N-dealkylation sites (tertiary alicyclic amines) is 1. The maximum Gasteiger partial charge on any atom is 0.410 e. The van der Waals surface area contributed by atoms with Gasteiger partial charge in [-0.2, -0.15) is 0 Å². The topological polar surface area (TPSA) is 55.8 Å². The van der Waals surface area contributed by atoms with Crippen LogP contribution in [0.25, 0.3) is 0 Å². The van der Waals surface area contributed by atoms with E-state index in [2.05, 4.69) is 20.8 Å². The van der Waals surface area contributed by atoms with Crippen molar-refractivity contribution in [2.75, 3.05) is 13.1 Å². The van der Waals surface area contributed by atoms with E-state index >= 15 is 0 Å². The maximum atomic E-state index is 12.8. The van der Waals surface area contributed by atoms with Gasteiger partial charge in [-0.25, -0.2) is 4.79 Å².